The maximum absolute atomic E-state index is 12.7. The van der Waals surface area contributed by atoms with E-state index in [0.29, 0.717) is 16.4 Å². The molecule has 0 spiro atoms. The quantitative estimate of drug-likeness (QED) is 0.597. The largest absolute Gasteiger partial charge is 0.346 e. The summed E-state index contributed by atoms with van der Waals surface area (Å²) in [6.07, 6.45) is 0. The van der Waals surface area contributed by atoms with E-state index in [0.717, 1.165) is 20.9 Å². The van der Waals surface area contributed by atoms with Crippen LogP contribution in [0.15, 0.2) is 87.6 Å². The van der Waals surface area contributed by atoms with Crippen LogP contribution >= 0.6 is 23.4 Å². The molecule has 0 aliphatic carbocycles. The third-order valence-electron chi connectivity index (χ3n) is 4.42. The maximum Gasteiger partial charge on any atom is 0.251 e. The molecule has 27 heavy (non-hydrogen) atoms. The van der Waals surface area contributed by atoms with Crippen LogP contribution in [0, 0.1) is 0 Å². The number of hydrogen-bond acceptors (Lipinski definition) is 3. The summed E-state index contributed by atoms with van der Waals surface area (Å²) in [6, 6.07) is 23.3. The van der Waals surface area contributed by atoms with Gasteiger partial charge in [-0.25, -0.2) is 4.99 Å². The summed E-state index contributed by atoms with van der Waals surface area (Å²) in [5.74, 6) is -0.132. The van der Waals surface area contributed by atoms with Crippen LogP contribution < -0.4 is 5.32 Å². The maximum atomic E-state index is 12.7. The Morgan fingerprint density at radius 3 is 2.56 bits per heavy atom. The van der Waals surface area contributed by atoms with Gasteiger partial charge in [-0.1, -0.05) is 71.9 Å². The van der Waals surface area contributed by atoms with Crippen molar-refractivity contribution in [1.82, 2.24) is 5.32 Å². The fraction of sp³-hybridized carbons (Fsp3) is 0.0909. The number of amides is 1. The summed E-state index contributed by atoms with van der Waals surface area (Å²) < 4.78 is 0. The van der Waals surface area contributed by atoms with Crippen LogP contribution in [0.4, 0.5) is 5.69 Å². The monoisotopic (exact) mass is 392 g/mol. The number of benzene rings is 3. The number of halogens is 1. The second-order valence-electron chi connectivity index (χ2n) is 6.29. The number of fused-ring (bicyclic) bond motifs is 2. The fourth-order valence-electron chi connectivity index (χ4n) is 2.95. The highest BCUT2D eigenvalue weighted by molar-refractivity contribution is 7.99. The molecule has 0 fully saturated rings. The zero-order valence-electron chi connectivity index (χ0n) is 14.6. The van der Waals surface area contributed by atoms with Gasteiger partial charge in [-0.3, -0.25) is 4.79 Å². The van der Waals surface area contributed by atoms with Crippen LogP contribution in [0.1, 0.15) is 34.5 Å². The lowest BCUT2D eigenvalue weighted by molar-refractivity contribution is 0.0940. The lowest BCUT2D eigenvalue weighted by Crippen LogP contribution is -2.26. The first-order valence-electron chi connectivity index (χ1n) is 8.63. The number of nitrogens with zero attached hydrogens (tertiary/aromatic N) is 1. The van der Waals surface area contributed by atoms with Gasteiger partial charge in [0.2, 0.25) is 0 Å². The number of carbonyl (C=O) groups excluding carboxylic acids is 1. The van der Waals surface area contributed by atoms with Crippen molar-refractivity contribution in [2.24, 2.45) is 4.99 Å². The van der Waals surface area contributed by atoms with Gasteiger partial charge in [0.05, 0.1) is 11.7 Å². The highest BCUT2D eigenvalue weighted by Crippen LogP contribution is 2.41. The Hall–Kier alpha value is -2.56. The van der Waals surface area contributed by atoms with E-state index in [-0.39, 0.29) is 11.9 Å². The van der Waals surface area contributed by atoms with Crippen molar-refractivity contribution in [2.45, 2.75) is 22.8 Å². The van der Waals surface area contributed by atoms with Gasteiger partial charge in [-0.2, -0.15) is 0 Å². The van der Waals surface area contributed by atoms with Gasteiger partial charge >= 0.3 is 0 Å². The number of hydrogen-bond donors (Lipinski definition) is 1. The summed E-state index contributed by atoms with van der Waals surface area (Å²) in [5, 5.41) is 3.47. The first-order valence-corrected chi connectivity index (χ1v) is 9.82. The third kappa shape index (κ3) is 3.77. The predicted molar refractivity (Wildman–Crippen MR) is 111 cm³/mol. The van der Waals surface area contributed by atoms with E-state index in [9.17, 15) is 4.79 Å². The third-order valence-corrected chi connectivity index (χ3v) is 5.85. The summed E-state index contributed by atoms with van der Waals surface area (Å²) in [5.41, 5.74) is 3.24. The van der Waals surface area contributed by atoms with Gasteiger partial charge in [0.15, 0.2) is 0 Å². The van der Waals surface area contributed by atoms with Crippen LogP contribution in [-0.2, 0) is 0 Å². The van der Waals surface area contributed by atoms with Gasteiger partial charge < -0.3 is 5.32 Å². The van der Waals surface area contributed by atoms with Crippen molar-refractivity contribution in [2.75, 3.05) is 0 Å². The van der Waals surface area contributed by atoms with E-state index in [2.05, 4.69) is 10.3 Å². The molecule has 5 heteroatoms. The topological polar surface area (TPSA) is 41.5 Å². The fourth-order valence-corrected chi connectivity index (χ4v) is 4.26. The average Bonchev–Trinajstić information content (AvgIpc) is 2.84. The Morgan fingerprint density at radius 2 is 1.74 bits per heavy atom. The minimum Gasteiger partial charge on any atom is -0.346 e. The highest BCUT2D eigenvalue weighted by atomic mass is 35.5. The number of rotatable bonds is 3. The van der Waals surface area contributed by atoms with Crippen molar-refractivity contribution in [3.63, 3.8) is 0 Å². The zero-order valence-corrected chi connectivity index (χ0v) is 16.2. The SMILES string of the molecule is CC(NC(=O)c1ccc2c(c1)N=C(Cl)c1ccccc1S2)c1ccccc1. The average molecular weight is 393 g/mol. The van der Waals surface area contributed by atoms with Gasteiger partial charge in [0, 0.05) is 20.9 Å². The molecule has 0 saturated carbocycles. The Bertz CT molecular complexity index is 1030. The molecular weight excluding hydrogens is 376 g/mol. The Balaban J connectivity index is 1.61. The second kappa shape index (κ2) is 7.59. The lowest BCUT2D eigenvalue weighted by Gasteiger charge is -2.15. The van der Waals surface area contributed by atoms with Gasteiger partial charge in [0.25, 0.3) is 5.91 Å². The van der Waals surface area contributed by atoms with Gasteiger partial charge in [0.1, 0.15) is 5.17 Å². The molecule has 1 N–H and O–H groups in total. The molecule has 134 valence electrons. The zero-order chi connectivity index (χ0) is 18.8. The Morgan fingerprint density at radius 1 is 1.00 bits per heavy atom. The van der Waals surface area contributed by atoms with Crippen LogP contribution in [0.25, 0.3) is 0 Å². The smallest absolute Gasteiger partial charge is 0.251 e. The van der Waals surface area contributed by atoms with Crippen molar-refractivity contribution in [3.05, 3.63) is 89.5 Å². The van der Waals surface area contributed by atoms with E-state index in [1.54, 1.807) is 17.8 Å². The highest BCUT2D eigenvalue weighted by Gasteiger charge is 2.18. The molecular formula is C22H17ClN2OS. The normalized spacial score (nSPS) is 13.6. The van der Waals surface area contributed by atoms with Crippen molar-refractivity contribution in [3.8, 4) is 0 Å². The molecule has 1 unspecified atom stereocenters. The standard InChI is InChI=1S/C22H17ClN2OS/c1-14(15-7-3-2-4-8-15)24-22(26)16-11-12-20-18(13-16)25-21(23)17-9-5-6-10-19(17)27-20/h2-14H,1H3,(H,24,26). The molecule has 0 bridgehead atoms. The molecule has 3 nitrogen and oxygen atoms in total. The van der Waals surface area contributed by atoms with E-state index >= 15 is 0 Å². The molecule has 3 aromatic carbocycles. The van der Waals surface area contributed by atoms with Crippen LogP contribution in [0.3, 0.4) is 0 Å². The van der Waals surface area contributed by atoms with E-state index in [4.69, 9.17) is 11.6 Å². The molecule has 1 amide bonds. The molecule has 1 heterocycles. The van der Waals surface area contributed by atoms with E-state index in [1.165, 1.54) is 0 Å². The first kappa shape index (κ1) is 17.8. The van der Waals surface area contributed by atoms with Gasteiger partial charge in [-0.15, -0.1) is 0 Å². The summed E-state index contributed by atoms with van der Waals surface area (Å²) >= 11 is 8.02. The Labute approximate surface area is 167 Å². The second-order valence-corrected chi connectivity index (χ2v) is 7.73. The summed E-state index contributed by atoms with van der Waals surface area (Å²) in [4.78, 5) is 19.3. The lowest BCUT2D eigenvalue weighted by atomic mass is 10.1. The van der Waals surface area contributed by atoms with Crippen LogP contribution in [-0.4, -0.2) is 11.1 Å². The van der Waals surface area contributed by atoms with Gasteiger partial charge in [-0.05, 0) is 36.8 Å². The van der Waals surface area contributed by atoms with E-state index in [1.807, 2.05) is 73.7 Å². The molecule has 0 radical (unpaired) electrons. The predicted octanol–water partition coefficient (Wildman–Crippen LogP) is 5.96. The van der Waals surface area contributed by atoms with Crippen molar-refractivity contribution < 1.29 is 4.79 Å². The molecule has 0 saturated heterocycles. The Kier molecular flexibility index (Phi) is 5.01. The molecule has 1 atom stereocenters. The number of nitrogens with one attached hydrogen (secondary N) is 1. The first-order chi connectivity index (χ1) is 13.1. The molecule has 1 aliphatic rings. The molecule has 1 aliphatic heterocycles. The molecule has 3 aromatic rings. The summed E-state index contributed by atoms with van der Waals surface area (Å²) in [7, 11) is 0. The van der Waals surface area contributed by atoms with Crippen molar-refractivity contribution >= 4 is 40.1 Å². The molecule has 4 rings (SSSR count). The minimum absolute atomic E-state index is 0.0803. The van der Waals surface area contributed by atoms with Crippen molar-refractivity contribution in [1.29, 1.82) is 0 Å². The minimum atomic E-state index is -0.132. The summed E-state index contributed by atoms with van der Waals surface area (Å²) in [6.45, 7) is 1.97. The molecule has 0 aromatic heterocycles. The van der Waals surface area contributed by atoms with Crippen LogP contribution in [0.5, 0.6) is 0 Å². The number of aliphatic imine (C=N–C) groups is 1. The van der Waals surface area contributed by atoms with Crippen LogP contribution in [0.2, 0.25) is 0 Å². The number of carbonyl (C=O) groups is 1. The van der Waals surface area contributed by atoms with E-state index < -0.39 is 0 Å².